The van der Waals surface area contributed by atoms with E-state index >= 15 is 0 Å². The van der Waals surface area contributed by atoms with E-state index in [2.05, 4.69) is 10.6 Å². The molecule has 1 fully saturated rings. The molecule has 0 spiro atoms. The van der Waals surface area contributed by atoms with Gasteiger partial charge in [-0.2, -0.15) is 0 Å². The van der Waals surface area contributed by atoms with E-state index in [9.17, 15) is 14.7 Å². The number of aliphatic hydroxyl groups is 1. The minimum atomic E-state index is -0.445. The summed E-state index contributed by atoms with van der Waals surface area (Å²) in [6, 6.07) is -0.400. The molecule has 1 aliphatic heterocycles. The summed E-state index contributed by atoms with van der Waals surface area (Å²) in [4.78, 5) is 24.9. The van der Waals surface area contributed by atoms with Crippen LogP contribution in [0.15, 0.2) is 0 Å². The number of piperidine rings is 1. The smallest absolute Gasteiger partial charge is 0.321 e. The van der Waals surface area contributed by atoms with Crippen LogP contribution in [0.4, 0.5) is 4.79 Å². The zero-order chi connectivity index (χ0) is 13.4. The summed E-state index contributed by atoms with van der Waals surface area (Å²) >= 11 is 0. The third kappa shape index (κ3) is 5.01. The Bertz CT molecular complexity index is 284. The van der Waals surface area contributed by atoms with Gasteiger partial charge in [0, 0.05) is 12.6 Å². The first-order valence-corrected chi connectivity index (χ1v) is 6.60. The highest BCUT2D eigenvalue weighted by atomic mass is 16.3. The molecule has 6 heteroatoms. The SMILES string of the molecule is CCCNC(=O)NC(=O)CN1CCCCC1CO. The van der Waals surface area contributed by atoms with Crippen LogP contribution in [-0.4, -0.2) is 54.2 Å². The largest absolute Gasteiger partial charge is 0.395 e. The molecule has 1 rings (SSSR count). The lowest BCUT2D eigenvalue weighted by molar-refractivity contribution is -0.122. The molecule has 0 bridgehead atoms. The van der Waals surface area contributed by atoms with Gasteiger partial charge in [0.1, 0.15) is 0 Å². The molecule has 3 amide bonds. The summed E-state index contributed by atoms with van der Waals surface area (Å²) in [6.45, 7) is 3.54. The summed E-state index contributed by atoms with van der Waals surface area (Å²) in [6.07, 6.45) is 3.86. The number of urea groups is 1. The van der Waals surface area contributed by atoms with Crippen molar-refractivity contribution in [3.05, 3.63) is 0 Å². The number of carbonyl (C=O) groups excluding carboxylic acids is 2. The number of hydrogen-bond donors (Lipinski definition) is 3. The maximum Gasteiger partial charge on any atom is 0.321 e. The van der Waals surface area contributed by atoms with Crippen molar-refractivity contribution >= 4 is 11.9 Å². The molecule has 0 radical (unpaired) electrons. The van der Waals surface area contributed by atoms with Crippen molar-refractivity contribution in [2.75, 3.05) is 26.2 Å². The van der Waals surface area contributed by atoms with Gasteiger partial charge in [-0.15, -0.1) is 0 Å². The van der Waals surface area contributed by atoms with Crippen LogP contribution in [0.5, 0.6) is 0 Å². The molecule has 1 aliphatic rings. The molecule has 0 aromatic heterocycles. The van der Waals surface area contributed by atoms with Gasteiger partial charge < -0.3 is 10.4 Å². The Kier molecular flexibility index (Phi) is 6.67. The number of nitrogens with zero attached hydrogens (tertiary/aromatic N) is 1. The van der Waals surface area contributed by atoms with Gasteiger partial charge in [0.15, 0.2) is 0 Å². The lowest BCUT2D eigenvalue weighted by atomic mass is 10.0. The minimum absolute atomic E-state index is 0.0446. The fraction of sp³-hybridized carbons (Fsp3) is 0.833. The third-order valence-corrected chi connectivity index (χ3v) is 3.10. The van der Waals surface area contributed by atoms with Crippen LogP contribution >= 0.6 is 0 Å². The van der Waals surface area contributed by atoms with Crippen LogP contribution in [0, 0.1) is 0 Å². The molecule has 1 saturated heterocycles. The summed E-state index contributed by atoms with van der Waals surface area (Å²) in [7, 11) is 0. The molecule has 6 nitrogen and oxygen atoms in total. The normalized spacial score (nSPS) is 20.4. The van der Waals surface area contributed by atoms with E-state index in [1.165, 1.54) is 0 Å². The Morgan fingerprint density at radius 1 is 1.39 bits per heavy atom. The van der Waals surface area contributed by atoms with Crippen LogP contribution in [0.25, 0.3) is 0 Å². The number of hydrogen-bond acceptors (Lipinski definition) is 4. The van der Waals surface area contributed by atoms with Gasteiger partial charge in [0.05, 0.1) is 13.2 Å². The predicted molar refractivity (Wildman–Crippen MR) is 68.1 cm³/mol. The molecular weight excluding hydrogens is 234 g/mol. The molecule has 3 N–H and O–H groups in total. The van der Waals surface area contributed by atoms with Gasteiger partial charge in [-0.05, 0) is 25.8 Å². The Morgan fingerprint density at radius 3 is 2.83 bits per heavy atom. The molecule has 0 aromatic rings. The number of imide groups is 1. The molecule has 0 saturated carbocycles. The second-order valence-electron chi connectivity index (χ2n) is 4.61. The number of aliphatic hydroxyl groups excluding tert-OH is 1. The number of carbonyl (C=O) groups is 2. The zero-order valence-electron chi connectivity index (χ0n) is 10.9. The fourth-order valence-corrected chi connectivity index (χ4v) is 2.11. The average molecular weight is 257 g/mol. The van der Waals surface area contributed by atoms with Crippen molar-refractivity contribution < 1.29 is 14.7 Å². The maximum absolute atomic E-state index is 11.7. The predicted octanol–water partition coefficient (Wildman–Crippen LogP) is 0.0690. The van der Waals surface area contributed by atoms with E-state index < -0.39 is 6.03 Å². The lowest BCUT2D eigenvalue weighted by Crippen LogP contribution is -2.49. The van der Waals surface area contributed by atoms with Crippen LogP contribution in [-0.2, 0) is 4.79 Å². The number of nitrogens with one attached hydrogen (secondary N) is 2. The van der Waals surface area contributed by atoms with Gasteiger partial charge >= 0.3 is 6.03 Å². The van der Waals surface area contributed by atoms with E-state index in [4.69, 9.17) is 0 Å². The standard InChI is InChI=1S/C12H23N3O3/c1-2-6-13-12(18)14-11(17)8-15-7-4-3-5-10(15)9-16/h10,16H,2-9H2,1H3,(H2,13,14,17,18). The lowest BCUT2D eigenvalue weighted by Gasteiger charge is -2.33. The Labute approximate surface area is 108 Å². The van der Waals surface area contributed by atoms with Crippen LogP contribution in [0.3, 0.4) is 0 Å². The fourth-order valence-electron chi connectivity index (χ4n) is 2.11. The van der Waals surface area contributed by atoms with E-state index in [-0.39, 0.29) is 25.1 Å². The van der Waals surface area contributed by atoms with Crippen molar-refractivity contribution in [3.8, 4) is 0 Å². The van der Waals surface area contributed by atoms with Crippen molar-refractivity contribution in [1.29, 1.82) is 0 Å². The minimum Gasteiger partial charge on any atom is -0.395 e. The van der Waals surface area contributed by atoms with Crippen molar-refractivity contribution in [1.82, 2.24) is 15.5 Å². The van der Waals surface area contributed by atoms with E-state index in [1.54, 1.807) is 0 Å². The Morgan fingerprint density at radius 2 is 2.17 bits per heavy atom. The topological polar surface area (TPSA) is 81.7 Å². The van der Waals surface area contributed by atoms with Gasteiger partial charge in [-0.1, -0.05) is 13.3 Å². The average Bonchev–Trinajstić information content (AvgIpc) is 2.36. The van der Waals surface area contributed by atoms with Crippen LogP contribution < -0.4 is 10.6 Å². The first-order chi connectivity index (χ1) is 8.67. The third-order valence-electron chi connectivity index (χ3n) is 3.10. The van der Waals surface area contributed by atoms with Crippen molar-refractivity contribution in [2.24, 2.45) is 0 Å². The van der Waals surface area contributed by atoms with Crippen molar-refractivity contribution in [3.63, 3.8) is 0 Å². The second kappa shape index (κ2) is 8.05. The molecule has 1 heterocycles. The monoisotopic (exact) mass is 257 g/mol. The van der Waals surface area contributed by atoms with Gasteiger partial charge in [0.2, 0.25) is 5.91 Å². The van der Waals surface area contributed by atoms with Crippen molar-refractivity contribution in [2.45, 2.75) is 38.6 Å². The highest BCUT2D eigenvalue weighted by Crippen LogP contribution is 2.15. The van der Waals surface area contributed by atoms with E-state index in [0.717, 1.165) is 32.2 Å². The summed E-state index contributed by atoms with van der Waals surface area (Å²) in [5.41, 5.74) is 0. The number of rotatable bonds is 5. The molecule has 18 heavy (non-hydrogen) atoms. The highest BCUT2D eigenvalue weighted by molar-refractivity contribution is 5.95. The van der Waals surface area contributed by atoms with Crippen LogP contribution in [0.1, 0.15) is 32.6 Å². The van der Waals surface area contributed by atoms with Gasteiger partial charge in [0.25, 0.3) is 0 Å². The Balaban J connectivity index is 2.31. The number of likely N-dealkylation sites (tertiary alicyclic amines) is 1. The highest BCUT2D eigenvalue weighted by Gasteiger charge is 2.23. The van der Waals surface area contributed by atoms with E-state index in [1.807, 2.05) is 11.8 Å². The molecule has 0 aliphatic carbocycles. The quantitative estimate of drug-likeness (QED) is 0.651. The molecule has 1 unspecified atom stereocenters. The summed E-state index contributed by atoms with van der Waals surface area (Å²) in [5.74, 6) is -0.316. The molecule has 104 valence electrons. The van der Waals surface area contributed by atoms with Gasteiger partial charge in [-0.25, -0.2) is 4.79 Å². The molecular formula is C12H23N3O3. The molecule has 0 aromatic carbocycles. The second-order valence-corrected chi connectivity index (χ2v) is 4.61. The van der Waals surface area contributed by atoms with E-state index in [0.29, 0.717) is 6.54 Å². The maximum atomic E-state index is 11.7. The zero-order valence-corrected chi connectivity index (χ0v) is 10.9. The summed E-state index contributed by atoms with van der Waals surface area (Å²) in [5, 5.41) is 14.1. The summed E-state index contributed by atoms with van der Waals surface area (Å²) < 4.78 is 0. The Hall–Kier alpha value is -1.14. The van der Waals surface area contributed by atoms with Gasteiger partial charge in [-0.3, -0.25) is 15.0 Å². The first kappa shape index (κ1) is 14.9. The molecule has 1 atom stereocenters. The number of amides is 3. The van der Waals surface area contributed by atoms with Crippen LogP contribution in [0.2, 0.25) is 0 Å². The first-order valence-electron chi connectivity index (χ1n) is 6.60.